The fraction of sp³-hybridized carbons (Fsp3) is 1.00. The topological polar surface area (TPSA) is 55.4 Å². The Morgan fingerprint density at radius 1 is 1.26 bits per heavy atom. The highest BCUT2D eigenvalue weighted by Crippen LogP contribution is 2.29. The van der Waals surface area contributed by atoms with E-state index in [0.717, 1.165) is 25.9 Å². The van der Waals surface area contributed by atoms with Crippen molar-refractivity contribution in [2.75, 3.05) is 38.3 Å². The Morgan fingerprint density at radius 3 is 2.37 bits per heavy atom. The molecule has 0 fully saturated rings. The number of nitrogens with one attached hydrogen (secondary N) is 1. The van der Waals surface area contributed by atoms with Gasteiger partial charge in [0.1, 0.15) is 9.84 Å². The van der Waals surface area contributed by atoms with Crippen LogP contribution in [0.2, 0.25) is 0 Å². The van der Waals surface area contributed by atoms with Crippen molar-refractivity contribution in [3.63, 3.8) is 0 Å². The zero-order valence-electron chi connectivity index (χ0n) is 13.2. The predicted octanol–water partition coefficient (Wildman–Crippen LogP) is 2.10. The van der Waals surface area contributed by atoms with Gasteiger partial charge in [-0.2, -0.15) is 0 Å². The van der Waals surface area contributed by atoms with Gasteiger partial charge in [-0.05, 0) is 30.7 Å². The zero-order valence-corrected chi connectivity index (χ0v) is 14.0. The van der Waals surface area contributed by atoms with Crippen LogP contribution >= 0.6 is 0 Å². The van der Waals surface area contributed by atoms with Gasteiger partial charge >= 0.3 is 0 Å². The molecular weight excluding hydrogens is 262 g/mol. The Hall–Kier alpha value is -0.130. The Morgan fingerprint density at radius 2 is 1.89 bits per heavy atom. The molecule has 4 nitrogen and oxygen atoms in total. The highest BCUT2D eigenvalue weighted by Gasteiger charge is 2.24. The first-order valence-corrected chi connectivity index (χ1v) is 8.95. The van der Waals surface area contributed by atoms with Crippen LogP contribution in [-0.2, 0) is 14.6 Å². The highest BCUT2D eigenvalue weighted by molar-refractivity contribution is 7.91. The molecule has 0 rings (SSSR count). The largest absolute Gasteiger partial charge is 0.383 e. The Bertz CT molecular complexity index is 320. The van der Waals surface area contributed by atoms with Gasteiger partial charge in [0, 0.05) is 19.4 Å². The molecule has 0 aliphatic rings. The summed E-state index contributed by atoms with van der Waals surface area (Å²) in [7, 11) is -1.14. The van der Waals surface area contributed by atoms with Gasteiger partial charge < -0.3 is 10.1 Å². The summed E-state index contributed by atoms with van der Waals surface area (Å²) < 4.78 is 28.0. The molecule has 1 atom stereocenters. The maximum atomic E-state index is 11.5. The van der Waals surface area contributed by atoms with Crippen molar-refractivity contribution in [1.29, 1.82) is 0 Å². The minimum Gasteiger partial charge on any atom is -0.383 e. The van der Waals surface area contributed by atoms with Crippen LogP contribution in [0.25, 0.3) is 0 Å². The van der Waals surface area contributed by atoms with Crippen LogP contribution in [0.4, 0.5) is 0 Å². The molecule has 0 aromatic rings. The zero-order chi connectivity index (χ0) is 14.9. The van der Waals surface area contributed by atoms with Gasteiger partial charge in [0.2, 0.25) is 0 Å². The first-order chi connectivity index (χ1) is 8.73. The first-order valence-electron chi connectivity index (χ1n) is 7.13. The van der Waals surface area contributed by atoms with E-state index >= 15 is 0 Å². The maximum Gasteiger partial charge on any atom is 0.150 e. The van der Waals surface area contributed by atoms with Gasteiger partial charge in [-0.25, -0.2) is 8.42 Å². The third-order valence-corrected chi connectivity index (χ3v) is 5.34. The van der Waals surface area contributed by atoms with E-state index in [9.17, 15) is 8.42 Å². The molecule has 0 radical (unpaired) electrons. The van der Waals surface area contributed by atoms with Gasteiger partial charge in [-0.15, -0.1) is 0 Å². The Balaban J connectivity index is 4.15. The molecule has 0 aliphatic heterocycles. The maximum absolute atomic E-state index is 11.5. The lowest BCUT2D eigenvalue weighted by Gasteiger charge is -2.31. The van der Waals surface area contributed by atoms with Crippen molar-refractivity contribution in [3.05, 3.63) is 0 Å². The van der Waals surface area contributed by atoms with Gasteiger partial charge in [0.15, 0.2) is 0 Å². The normalized spacial score (nSPS) is 14.6. The summed E-state index contributed by atoms with van der Waals surface area (Å²) in [5, 5.41) is 3.38. The van der Waals surface area contributed by atoms with E-state index in [2.05, 4.69) is 26.1 Å². The Kier molecular flexibility index (Phi) is 8.86. The summed E-state index contributed by atoms with van der Waals surface area (Å²) in [6.45, 7) is 10.8. The molecule has 0 aliphatic carbocycles. The smallest absolute Gasteiger partial charge is 0.150 e. The summed E-state index contributed by atoms with van der Waals surface area (Å²) in [5.74, 6) is 1.05. The number of ether oxygens (including phenoxy) is 1. The molecule has 19 heavy (non-hydrogen) atoms. The second-order valence-corrected chi connectivity index (χ2v) is 8.61. The van der Waals surface area contributed by atoms with Crippen LogP contribution in [0.5, 0.6) is 0 Å². The lowest BCUT2D eigenvalue weighted by Crippen LogP contribution is -2.33. The van der Waals surface area contributed by atoms with E-state index < -0.39 is 9.84 Å². The lowest BCUT2D eigenvalue weighted by molar-refractivity contribution is 0.183. The summed E-state index contributed by atoms with van der Waals surface area (Å²) in [6.07, 6.45) is 1.70. The number of sulfone groups is 1. The quantitative estimate of drug-likeness (QED) is 0.627. The van der Waals surface area contributed by atoms with E-state index in [1.165, 1.54) is 0 Å². The van der Waals surface area contributed by atoms with E-state index in [4.69, 9.17) is 4.74 Å². The minimum absolute atomic E-state index is 0.191. The van der Waals surface area contributed by atoms with Crippen LogP contribution in [0.1, 0.15) is 40.5 Å². The van der Waals surface area contributed by atoms with Crippen LogP contribution in [0, 0.1) is 11.3 Å². The molecule has 0 aromatic carbocycles. The average molecular weight is 293 g/mol. The molecule has 0 aromatic heterocycles. The van der Waals surface area contributed by atoms with E-state index in [1.54, 1.807) is 14.0 Å². The number of hydrogen-bond acceptors (Lipinski definition) is 4. The van der Waals surface area contributed by atoms with Crippen LogP contribution in [0.15, 0.2) is 0 Å². The van der Waals surface area contributed by atoms with Gasteiger partial charge in [-0.3, -0.25) is 0 Å². The minimum atomic E-state index is -2.83. The van der Waals surface area contributed by atoms with Crippen molar-refractivity contribution < 1.29 is 13.2 Å². The van der Waals surface area contributed by atoms with Crippen molar-refractivity contribution in [2.45, 2.75) is 40.5 Å². The molecule has 0 heterocycles. The number of hydrogen-bond donors (Lipinski definition) is 1. The molecule has 0 amide bonds. The first kappa shape index (κ1) is 18.9. The van der Waals surface area contributed by atoms with Crippen LogP contribution in [0.3, 0.4) is 0 Å². The SMILES string of the molecule is CCS(=O)(=O)CCCC(CNCCOC)C(C)(C)C. The van der Waals surface area contributed by atoms with Crippen molar-refractivity contribution in [3.8, 4) is 0 Å². The highest BCUT2D eigenvalue weighted by atomic mass is 32.2. The molecule has 0 saturated carbocycles. The summed E-state index contributed by atoms with van der Waals surface area (Å²) in [5.41, 5.74) is 0.191. The van der Waals surface area contributed by atoms with Crippen molar-refractivity contribution in [2.24, 2.45) is 11.3 Å². The van der Waals surface area contributed by atoms with Crippen LogP contribution < -0.4 is 5.32 Å². The summed E-state index contributed by atoms with van der Waals surface area (Å²) >= 11 is 0. The molecule has 1 unspecified atom stereocenters. The fourth-order valence-electron chi connectivity index (χ4n) is 1.99. The van der Waals surface area contributed by atoms with E-state index in [1.807, 2.05) is 0 Å². The molecule has 0 saturated heterocycles. The van der Waals surface area contributed by atoms with E-state index in [-0.39, 0.29) is 11.2 Å². The van der Waals surface area contributed by atoms with Gasteiger partial charge in [0.05, 0.1) is 12.4 Å². The molecular formula is C14H31NO3S. The average Bonchev–Trinajstić information content (AvgIpc) is 2.30. The summed E-state index contributed by atoms with van der Waals surface area (Å²) in [4.78, 5) is 0. The van der Waals surface area contributed by atoms with Crippen LogP contribution in [-0.4, -0.2) is 46.7 Å². The molecule has 0 bridgehead atoms. The second-order valence-electron chi connectivity index (χ2n) is 6.14. The third-order valence-electron chi connectivity index (χ3n) is 3.55. The Labute approximate surface area is 119 Å². The summed E-state index contributed by atoms with van der Waals surface area (Å²) in [6, 6.07) is 0. The van der Waals surface area contributed by atoms with Gasteiger partial charge in [-0.1, -0.05) is 27.7 Å². The van der Waals surface area contributed by atoms with Crippen molar-refractivity contribution >= 4 is 9.84 Å². The third kappa shape index (κ3) is 9.41. The standard InChI is InChI=1S/C14H31NO3S/c1-6-19(16,17)11-7-8-13(14(2,3)4)12-15-9-10-18-5/h13,15H,6-12H2,1-5H3. The van der Waals surface area contributed by atoms with Gasteiger partial charge in [0.25, 0.3) is 0 Å². The predicted molar refractivity (Wildman–Crippen MR) is 81.3 cm³/mol. The van der Waals surface area contributed by atoms with Crippen molar-refractivity contribution in [1.82, 2.24) is 5.32 Å². The molecule has 0 spiro atoms. The molecule has 116 valence electrons. The lowest BCUT2D eigenvalue weighted by atomic mass is 9.78. The van der Waals surface area contributed by atoms with E-state index in [0.29, 0.717) is 18.3 Å². The molecule has 1 N–H and O–H groups in total. The fourth-order valence-corrected chi connectivity index (χ4v) is 2.88. The second kappa shape index (κ2) is 8.93. The number of rotatable bonds is 10. The number of methoxy groups -OCH3 is 1. The molecule has 5 heteroatoms. The monoisotopic (exact) mass is 293 g/mol.